The molecule has 26 heavy (non-hydrogen) atoms. The lowest BCUT2D eigenvalue weighted by Crippen LogP contribution is -2.26. The van der Waals surface area contributed by atoms with E-state index in [1.54, 1.807) is 23.9 Å². The molecule has 1 N–H and O–H groups in total. The highest BCUT2D eigenvalue weighted by molar-refractivity contribution is 7.99. The summed E-state index contributed by atoms with van der Waals surface area (Å²) in [7, 11) is 1.75. The highest BCUT2D eigenvalue weighted by Gasteiger charge is 2.23. The number of nitrogens with one attached hydrogen (secondary N) is 1. The van der Waals surface area contributed by atoms with Crippen LogP contribution >= 0.6 is 11.8 Å². The summed E-state index contributed by atoms with van der Waals surface area (Å²) < 4.78 is 14.9. The van der Waals surface area contributed by atoms with Gasteiger partial charge >= 0.3 is 0 Å². The molecule has 1 amide bonds. The molecule has 0 fully saturated rings. The Kier molecular flexibility index (Phi) is 5.73. The Bertz CT molecular complexity index is 891. The maximum absolute atomic E-state index is 13.3. The third kappa shape index (κ3) is 3.96. The Labute approximate surface area is 156 Å². The average molecular weight is 369 g/mol. The fraction of sp³-hybridized carbons (Fsp3) is 0.200. The van der Waals surface area contributed by atoms with Gasteiger partial charge in [0.15, 0.2) is 0 Å². The van der Waals surface area contributed by atoms with Gasteiger partial charge in [0.25, 0.3) is 5.91 Å². The predicted octanol–water partition coefficient (Wildman–Crippen LogP) is 4.52. The van der Waals surface area contributed by atoms with E-state index < -0.39 is 0 Å². The van der Waals surface area contributed by atoms with E-state index >= 15 is 0 Å². The van der Waals surface area contributed by atoms with Crippen LogP contribution in [0, 0.1) is 5.82 Å². The number of aromatic nitrogens is 2. The smallest absolute Gasteiger partial charge is 0.270 e. The van der Waals surface area contributed by atoms with Gasteiger partial charge in [0, 0.05) is 24.1 Å². The fourth-order valence-corrected chi connectivity index (χ4v) is 3.68. The van der Waals surface area contributed by atoms with Crippen molar-refractivity contribution in [1.82, 2.24) is 15.1 Å². The molecule has 0 atom stereocenters. The normalized spacial score (nSPS) is 10.7. The summed E-state index contributed by atoms with van der Waals surface area (Å²) >= 11 is 1.48. The van der Waals surface area contributed by atoms with Gasteiger partial charge in [-0.15, -0.1) is 0 Å². The molecular formula is C20H20FN3OS. The van der Waals surface area contributed by atoms with Crippen molar-refractivity contribution in [3.63, 3.8) is 0 Å². The number of aryl methyl sites for hydroxylation is 1. The van der Waals surface area contributed by atoms with Crippen LogP contribution in [0.1, 0.15) is 23.8 Å². The van der Waals surface area contributed by atoms with Crippen LogP contribution in [0.2, 0.25) is 0 Å². The summed E-state index contributed by atoms with van der Waals surface area (Å²) in [6, 6.07) is 16.0. The van der Waals surface area contributed by atoms with Crippen molar-refractivity contribution in [3.8, 4) is 11.3 Å². The monoisotopic (exact) mass is 369 g/mol. The zero-order valence-electron chi connectivity index (χ0n) is 14.7. The van der Waals surface area contributed by atoms with Gasteiger partial charge < -0.3 is 5.32 Å². The number of hydrogen-bond donors (Lipinski definition) is 1. The van der Waals surface area contributed by atoms with Crippen LogP contribution in [-0.2, 0) is 7.05 Å². The molecule has 0 spiro atoms. The van der Waals surface area contributed by atoms with Crippen LogP contribution in [0.3, 0.4) is 0 Å². The molecule has 0 aliphatic heterocycles. The van der Waals surface area contributed by atoms with Gasteiger partial charge in [-0.25, -0.2) is 4.39 Å². The standard InChI is InChI=1S/C20H20FN3OS/c1-3-13-22-20(25)18-19(26-16-7-5-4-6-8-16)17(23-24(18)2)14-9-11-15(21)12-10-14/h4-12H,3,13H2,1-2H3,(H,22,25). The summed E-state index contributed by atoms with van der Waals surface area (Å²) in [4.78, 5) is 14.5. The van der Waals surface area contributed by atoms with Gasteiger partial charge in [0.2, 0.25) is 0 Å². The Balaban J connectivity index is 2.08. The SMILES string of the molecule is CCCNC(=O)c1c(Sc2ccccc2)c(-c2ccc(F)cc2)nn1C. The molecule has 1 heterocycles. The molecule has 134 valence electrons. The number of carbonyl (C=O) groups is 1. The number of halogens is 1. The van der Waals surface area contributed by atoms with Crippen LogP contribution in [0.5, 0.6) is 0 Å². The zero-order valence-corrected chi connectivity index (χ0v) is 15.5. The molecule has 0 aliphatic rings. The second kappa shape index (κ2) is 8.19. The third-order valence-electron chi connectivity index (χ3n) is 3.84. The first-order chi connectivity index (χ1) is 12.6. The largest absolute Gasteiger partial charge is 0.351 e. The van der Waals surface area contributed by atoms with Crippen LogP contribution in [-0.4, -0.2) is 22.2 Å². The lowest BCUT2D eigenvalue weighted by Gasteiger charge is -2.08. The molecule has 3 aromatic rings. The molecule has 0 aliphatic carbocycles. The highest BCUT2D eigenvalue weighted by Crippen LogP contribution is 2.38. The first kappa shape index (κ1) is 18.2. The van der Waals surface area contributed by atoms with Crippen LogP contribution in [0.4, 0.5) is 4.39 Å². The van der Waals surface area contributed by atoms with Crippen molar-refractivity contribution in [2.24, 2.45) is 7.05 Å². The molecule has 0 saturated carbocycles. The summed E-state index contributed by atoms with van der Waals surface area (Å²) in [5.74, 6) is -0.462. The maximum atomic E-state index is 13.3. The molecule has 2 aromatic carbocycles. The molecule has 3 rings (SSSR count). The molecule has 4 nitrogen and oxygen atoms in total. The van der Waals surface area contributed by atoms with E-state index in [0.717, 1.165) is 21.8 Å². The molecule has 0 unspecified atom stereocenters. The Morgan fingerprint density at radius 1 is 1.15 bits per heavy atom. The van der Waals surface area contributed by atoms with E-state index in [0.29, 0.717) is 17.9 Å². The van der Waals surface area contributed by atoms with Gasteiger partial charge in [0.1, 0.15) is 17.2 Å². The Morgan fingerprint density at radius 3 is 2.50 bits per heavy atom. The summed E-state index contributed by atoms with van der Waals surface area (Å²) in [6.07, 6.45) is 0.857. The second-order valence-corrected chi connectivity index (χ2v) is 6.91. The minimum atomic E-state index is -0.303. The van der Waals surface area contributed by atoms with E-state index in [1.807, 2.05) is 37.3 Å². The first-order valence-corrected chi connectivity index (χ1v) is 9.25. The number of rotatable bonds is 6. The van der Waals surface area contributed by atoms with Gasteiger partial charge in [0.05, 0.1) is 4.90 Å². The highest BCUT2D eigenvalue weighted by atomic mass is 32.2. The van der Waals surface area contributed by atoms with Gasteiger partial charge in [-0.05, 0) is 42.8 Å². The average Bonchev–Trinajstić information content (AvgIpc) is 2.97. The molecule has 6 heteroatoms. The minimum Gasteiger partial charge on any atom is -0.351 e. The molecule has 0 radical (unpaired) electrons. The third-order valence-corrected chi connectivity index (χ3v) is 4.93. The number of hydrogen-bond acceptors (Lipinski definition) is 3. The summed E-state index contributed by atoms with van der Waals surface area (Å²) in [6.45, 7) is 2.61. The molecule has 1 aromatic heterocycles. The number of carbonyl (C=O) groups excluding carboxylic acids is 1. The van der Waals surface area contributed by atoms with E-state index in [-0.39, 0.29) is 11.7 Å². The zero-order chi connectivity index (χ0) is 18.5. The lowest BCUT2D eigenvalue weighted by molar-refractivity contribution is 0.0941. The van der Waals surface area contributed by atoms with Crippen LogP contribution in [0.15, 0.2) is 64.4 Å². The van der Waals surface area contributed by atoms with Gasteiger partial charge in [-0.2, -0.15) is 5.10 Å². The second-order valence-electron chi connectivity index (χ2n) is 5.83. The number of benzene rings is 2. The Hall–Kier alpha value is -2.60. The van der Waals surface area contributed by atoms with Crippen LogP contribution in [0.25, 0.3) is 11.3 Å². The summed E-state index contributed by atoms with van der Waals surface area (Å²) in [5.41, 5.74) is 1.95. The molecule has 0 saturated heterocycles. The van der Waals surface area contributed by atoms with E-state index in [4.69, 9.17) is 0 Å². The first-order valence-electron chi connectivity index (χ1n) is 8.44. The van der Waals surface area contributed by atoms with Crippen molar-refractivity contribution in [2.75, 3.05) is 6.54 Å². The van der Waals surface area contributed by atoms with Gasteiger partial charge in [-0.1, -0.05) is 36.9 Å². The summed E-state index contributed by atoms with van der Waals surface area (Å²) in [5, 5.41) is 7.46. The van der Waals surface area contributed by atoms with Crippen molar-refractivity contribution in [2.45, 2.75) is 23.1 Å². The van der Waals surface area contributed by atoms with Crippen molar-refractivity contribution >= 4 is 17.7 Å². The fourth-order valence-electron chi connectivity index (χ4n) is 2.58. The Morgan fingerprint density at radius 2 is 1.85 bits per heavy atom. The van der Waals surface area contributed by atoms with Crippen molar-refractivity contribution in [3.05, 3.63) is 66.1 Å². The minimum absolute atomic E-state index is 0.159. The van der Waals surface area contributed by atoms with Gasteiger partial charge in [-0.3, -0.25) is 9.48 Å². The number of nitrogens with zero attached hydrogens (tertiary/aromatic N) is 2. The van der Waals surface area contributed by atoms with Crippen molar-refractivity contribution < 1.29 is 9.18 Å². The van der Waals surface area contributed by atoms with E-state index in [1.165, 1.54) is 23.9 Å². The topological polar surface area (TPSA) is 46.9 Å². The van der Waals surface area contributed by atoms with Crippen molar-refractivity contribution in [1.29, 1.82) is 0 Å². The predicted molar refractivity (Wildman–Crippen MR) is 102 cm³/mol. The maximum Gasteiger partial charge on any atom is 0.270 e. The van der Waals surface area contributed by atoms with Crippen LogP contribution < -0.4 is 5.32 Å². The lowest BCUT2D eigenvalue weighted by atomic mass is 10.1. The molecule has 0 bridgehead atoms. The molecular weight excluding hydrogens is 349 g/mol. The van der Waals surface area contributed by atoms with E-state index in [9.17, 15) is 9.18 Å². The quantitative estimate of drug-likeness (QED) is 0.695. The van der Waals surface area contributed by atoms with E-state index in [2.05, 4.69) is 10.4 Å². The number of amides is 1.